The molecule has 1 aromatic rings. The first-order valence-corrected chi connectivity index (χ1v) is 8.20. The van der Waals surface area contributed by atoms with Crippen LogP contribution in [0.25, 0.3) is 0 Å². The lowest BCUT2D eigenvalue weighted by Gasteiger charge is -2.19. The summed E-state index contributed by atoms with van der Waals surface area (Å²) in [4.78, 5) is 12.6. The number of benzene rings is 1. The van der Waals surface area contributed by atoms with Gasteiger partial charge in [-0.15, -0.1) is 0 Å². The van der Waals surface area contributed by atoms with Gasteiger partial charge in [-0.05, 0) is 48.1 Å². The van der Waals surface area contributed by atoms with Crippen molar-refractivity contribution in [2.45, 2.75) is 45.1 Å². The van der Waals surface area contributed by atoms with Crippen molar-refractivity contribution in [3.05, 3.63) is 35.4 Å². The number of carbonyl (C=O) groups is 1. The summed E-state index contributed by atoms with van der Waals surface area (Å²) in [6, 6.07) is 8.73. The quantitative estimate of drug-likeness (QED) is 0.873. The number of aryl methyl sites for hydroxylation is 1. The van der Waals surface area contributed by atoms with E-state index in [0.29, 0.717) is 24.3 Å². The molecule has 2 aliphatic carbocycles. The lowest BCUT2D eigenvalue weighted by molar-refractivity contribution is -0.123. The van der Waals surface area contributed by atoms with Gasteiger partial charge in [0.25, 0.3) is 0 Å². The van der Waals surface area contributed by atoms with Crippen LogP contribution in [0.1, 0.15) is 43.7 Å². The zero-order valence-electron chi connectivity index (χ0n) is 13.0. The van der Waals surface area contributed by atoms with Crippen molar-refractivity contribution in [3.63, 3.8) is 0 Å². The highest BCUT2D eigenvalue weighted by Crippen LogP contribution is 2.59. The Labute approximate surface area is 127 Å². The maximum atomic E-state index is 12.6. The summed E-state index contributed by atoms with van der Waals surface area (Å²) in [5.74, 6) is 1.96. The number of fused-ring (bicyclic) bond motifs is 3. The number of amides is 1. The summed E-state index contributed by atoms with van der Waals surface area (Å²) in [5.41, 5.74) is 8.64. The maximum absolute atomic E-state index is 12.6. The third kappa shape index (κ3) is 2.84. The van der Waals surface area contributed by atoms with Gasteiger partial charge in [0, 0.05) is 18.5 Å². The van der Waals surface area contributed by atoms with E-state index < -0.39 is 0 Å². The summed E-state index contributed by atoms with van der Waals surface area (Å²) in [7, 11) is 0. The molecule has 0 aliphatic heterocycles. The summed E-state index contributed by atoms with van der Waals surface area (Å²) >= 11 is 0. The monoisotopic (exact) mass is 286 g/mol. The second-order valence-electron chi connectivity index (χ2n) is 7.02. The van der Waals surface area contributed by atoms with E-state index in [1.54, 1.807) is 0 Å². The van der Waals surface area contributed by atoms with Crippen molar-refractivity contribution in [3.8, 4) is 0 Å². The Morgan fingerprint density at radius 2 is 2.14 bits per heavy atom. The molecule has 1 aromatic carbocycles. The first kappa shape index (κ1) is 14.6. The molecular weight excluding hydrogens is 260 g/mol. The average molecular weight is 286 g/mol. The fourth-order valence-corrected chi connectivity index (χ4v) is 4.00. The standard InChI is InChI=1S/C18H26N2O/c1-11(2)9-13(10-19)20-18(21)17-15-8-7-12-5-3-4-6-14(12)16(15)17/h3-6,11,13,15-17H,7-10,19H2,1-2H3,(H,20,21). The SMILES string of the molecule is CC(C)CC(CN)NC(=O)C1C2CCc3ccccc3C21. The lowest BCUT2D eigenvalue weighted by atomic mass is 9.92. The summed E-state index contributed by atoms with van der Waals surface area (Å²) < 4.78 is 0. The Kier molecular flexibility index (Phi) is 4.03. The van der Waals surface area contributed by atoms with Crippen LogP contribution in [0.3, 0.4) is 0 Å². The van der Waals surface area contributed by atoms with Crippen LogP contribution in [0, 0.1) is 17.8 Å². The number of hydrogen-bond donors (Lipinski definition) is 2. The van der Waals surface area contributed by atoms with Gasteiger partial charge in [0.05, 0.1) is 0 Å². The molecule has 4 unspecified atom stereocenters. The maximum Gasteiger partial charge on any atom is 0.224 e. The molecular formula is C18H26N2O. The van der Waals surface area contributed by atoms with Gasteiger partial charge in [0.2, 0.25) is 5.91 Å². The molecule has 114 valence electrons. The van der Waals surface area contributed by atoms with Crippen LogP contribution in [0.15, 0.2) is 24.3 Å². The van der Waals surface area contributed by atoms with Crippen LogP contribution in [0.5, 0.6) is 0 Å². The van der Waals surface area contributed by atoms with E-state index in [1.807, 2.05) is 0 Å². The molecule has 0 radical (unpaired) electrons. The molecule has 0 saturated heterocycles. The predicted molar refractivity (Wildman–Crippen MR) is 84.9 cm³/mol. The molecule has 1 fully saturated rings. The minimum atomic E-state index is 0.121. The van der Waals surface area contributed by atoms with Crippen LogP contribution in [0.2, 0.25) is 0 Å². The Hall–Kier alpha value is -1.35. The van der Waals surface area contributed by atoms with Crippen LogP contribution in [-0.4, -0.2) is 18.5 Å². The van der Waals surface area contributed by atoms with E-state index in [2.05, 4.69) is 43.4 Å². The molecule has 0 bridgehead atoms. The molecule has 0 spiro atoms. The van der Waals surface area contributed by atoms with E-state index in [4.69, 9.17) is 5.73 Å². The van der Waals surface area contributed by atoms with Gasteiger partial charge in [-0.1, -0.05) is 38.1 Å². The van der Waals surface area contributed by atoms with Gasteiger partial charge in [0.15, 0.2) is 0 Å². The van der Waals surface area contributed by atoms with Crippen molar-refractivity contribution >= 4 is 5.91 Å². The summed E-state index contributed by atoms with van der Waals surface area (Å²) in [6.07, 6.45) is 3.23. The van der Waals surface area contributed by atoms with Crippen LogP contribution in [0.4, 0.5) is 0 Å². The highest BCUT2D eigenvalue weighted by atomic mass is 16.2. The van der Waals surface area contributed by atoms with Crippen molar-refractivity contribution in [1.29, 1.82) is 0 Å². The smallest absolute Gasteiger partial charge is 0.224 e. The van der Waals surface area contributed by atoms with Gasteiger partial charge in [-0.25, -0.2) is 0 Å². The van der Waals surface area contributed by atoms with E-state index in [-0.39, 0.29) is 17.9 Å². The second kappa shape index (κ2) is 5.80. The molecule has 0 heterocycles. The number of hydrogen-bond acceptors (Lipinski definition) is 2. The zero-order chi connectivity index (χ0) is 15.0. The summed E-state index contributed by atoms with van der Waals surface area (Å²) in [5, 5.41) is 3.18. The fourth-order valence-electron chi connectivity index (χ4n) is 4.00. The Balaban J connectivity index is 1.66. The van der Waals surface area contributed by atoms with Gasteiger partial charge < -0.3 is 11.1 Å². The number of nitrogens with one attached hydrogen (secondary N) is 1. The highest BCUT2D eigenvalue weighted by molar-refractivity contribution is 5.84. The van der Waals surface area contributed by atoms with E-state index in [1.165, 1.54) is 11.1 Å². The molecule has 4 atom stereocenters. The molecule has 1 saturated carbocycles. The molecule has 3 nitrogen and oxygen atoms in total. The molecule has 3 heteroatoms. The molecule has 1 amide bonds. The first-order chi connectivity index (χ1) is 10.1. The first-order valence-electron chi connectivity index (χ1n) is 8.20. The molecule has 3 rings (SSSR count). The Bertz CT molecular complexity index is 526. The third-order valence-electron chi connectivity index (χ3n) is 5.02. The average Bonchev–Trinajstić information content (AvgIpc) is 3.21. The highest BCUT2D eigenvalue weighted by Gasteiger charge is 2.57. The minimum absolute atomic E-state index is 0.121. The van der Waals surface area contributed by atoms with E-state index >= 15 is 0 Å². The zero-order valence-corrected chi connectivity index (χ0v) is 13.0. The van der Waals surface area contributed by atoms with Crippen molar-refractivity contribution in [1.82, 2.24) is 5.32 Å². The predicted octanol–water partition coefficient (Wildman–Crippen LogP) is 2.45. The second-order valence-corrected chi connectivity index (χ2v) is 7.02. The number of nitrogens with two attached hydrogens (primary N) is 1. The Morgan fingerprint density at radius 1 is 1.38 bits per heavy atom. The van der Waals surface area contributed by atoms with Crippen molar-refractivity contribution < 1.29 is 4.79 Å². The largest absolute Gasteiger partial charge is 0.352 e. The van der Waals surface area contributed by atoms with Crippen LogP contribution in [-0.2, 0) is 11.2 Å². The van der Waals surface area contributed by atoms with Crippen LogP contribution < -0.4 is 11.1 Å². The fraction of sp³-hybridized carbons (Fsp3) is 0.611. The van der Waals surface area contributed by atoms with Crippen molar-refractivity contribution in [2.24, 2.45) is 23.5 Å². The number of carbonyl (C=O) groups excluding carboxylic acids is 1. The third-order valence-corrected chi connectivity index (χ3v) is 5.02. The normalized spacial score (nSPS) is 27.7. The van der Waals surface area contributed by atoms with Gasteiger partial charge in [0.1, 0.15) is 0 Å². The van der Waals surface area contributed by atoms with E-state index in [9.17, 15) is 4.79 Å². The lowest BCUT2D eigenvalue weighted by Crippen LogP contribution is -2.42. The number of rotatable bonds is 5. The topological polar surface area (TPSA) is 55.1 Å². The van der Waals surface area contributed by atoms with Gasteiger partial charge in [-0.3, -0.25) is 4.79 Å². The Morgan fingerprint density at radius 3 is 2.86 bits per heavy atom. The van der Waals surface area contributed by atoms with E-state index in [0.717, 1.165) is 19.3 Å². The molecule has 21 heavy (non-hydrogen) atoms. The molecule has 3 N–H and O–H groups in total. The van der Waals surface area contributed by atoms with Crippen LogP contribution >= 0.6 is 0 Å². The molecule has 0 aromatic heterocycles. The summed E-state index contributed by atoms with van der Waals surface area (Å²) in [6.45, 7) is 4.87. The van der Waals surface area contributed by atoms with Gasteiger partial charge in [-0.2, -0.15) is 0 Å². The van der Waals surface area contributed by atoms with Gasteiger partial charge >= 0.3 is 0 Å². The van der Waals surface area contributed by atoms with Crippen molar-refractivity contribution in [2.75, 3.05) is 6.54 Å². The molecule has 2 aliphatic rings. The minimum Gasteiger partial charge on any atom is -0.352 e.